The van der Waals surface area contributed by atoms with Gasteiger partial charge in [0.1, 0.15) is 5.69 Å². The van der Waals surface area contributed by atoms with Gasteiger partial charge in [0, 0.05) is 31.4 Å². The number of aryl methyl sites for hydroxylation is 2. The van der Waals surface area contributed by atoms with Gasteiger partial charge < -0.3 is 14.8 Å². The smallest absolute Gasteiger partial charge is 0.270 e. The van der Waals surface area contributed by atoms with Gasteiger partial charge in [-0.1, -0.05) is 24.5 Å². The molecule has 1 aliphatic heterocycles. The Labute approximate surface area is 148 Å². The molecule has 5 heteroatoms. The number of nitrogens with zero attached hydrogens (tertiary/aromatic N) is 2. The van der Waals surface area contributed by atoms with Gasteiger partial charge in [-0.3, -0.25) is 9.59 Å². The van der Waals surface area contributed by atoms with E-state index in [2.05, 4.69) is 17.4 Å². The first kappa shape index (κ1) is 16.2. The Balaban J connectivity index is 1.84. The molecule has 0 spiro atoms. The molecule has 132 valence electrons. The van der Waals surface area contributed by atoms with Crippen LogP contribution in [0.4, 0.5) is 5.69 Å². The number of anilines is 1. The Morgan fingerprint density at radius 1 is 1.20 bits per heavy atom. The second-order valence-corrected chi connectivity index (χ2v) is 7.38. The zero-order chi connectivity index (χ0) is 17.6. The predicted molar refractivity (Wildman–Crippen MR) is 99.0 cm³/mol. The second kappa shape index (κ2) is 6.21. The van der Waals surface area contributed by atoms with Crippen molar-refractivity contribution in [3.63, 3.8) is 0 Å². The van der Waals surface area contributed by atoms with Crippen molar-refractivity contribution in [3.8, 4) is 0 Å². The summed E-state index contributed by atoms with van der Waals surface area (Å²) in [5.74, 6) is 0.0573. The van der Waals surface area contributed by atoms with Crippen molar-refractivity contribution in [2.24, 2.45) is 7.05 Å². The molecule has 1 aliphatic carbocycles. The van der Waals surface area contributed by atoms with Crippen LogP contribution in [-0.2, 0) is 11.8 Å². The SMILES string of the molecule is Cc1ccc2c(c1)c(N1CCCC1=O)c(C(=O)NC1CCCC1)n2C. The van der Waals surface area contributed by atoms with E-state index >= 15 is 0 Å². The van der Waals surface area contributed by atoms with E-state index in [1.807, 2.05) is 29.5 Å². The number of aromatic nitrogens is 1. The van der Waals surface area contributed by atoms with Crippen molar-refractivity contribution in [1.29, 1.82) is 0 Å². The van der Waals surface area contributed by atoms with E-state index in [1.54, 1.807) is 0 Å². The molecule has 1 saturated carbocycles. The van der Waals surface area contributed by atoms with Crippen LogP contribution in [0.25, 0.3) is 10.9 Å². The summed E-state index contributed by atoms with van der Waals surface area (Å²) in [4.78, 5) is 27.3. The topological polar surface area (TPSA) is 54.3 Å². The fraction of sp³-hybridized carbons (Fsp3) is 0.500. The third-order valence-electron chi connectivity index (χ3n) is 5.58. The van der Waals surface area contributed by atoms with Gasteiger partial charge in [-0.15, -0.1) is 0 Å². The highest BCUT2D eigenvalue weighted by Gasteiger charge is 2.32. The van der Waals surface area contributed by atoms with Crippen molar-refractivity contribution in [2.45, 2.75) is 51.5 Å². The maximum Gasteiger partial charge on any atom is 0.270 e. The fourth-order valence-corrected chi connectivity index (χ4v) is 4.28. The average Bonchev–Trinajstić information content (AvgIpc) is 3.28. The molecule has 25 heavy (non-hydrogen) atoms. The Bertz CT molecular complexity index is 846. The Morgan fingerprint density at radius 2 is 1.96 bits per heavy atom. The number of rotatable bonds is 3. The first-order chi connectivity index (χ1) is 12.1. The van der Waals surface area contributed by atoms with E-state index in [-0.39, 0.29) is 17.9 Å². The van der Waals surface area contributed by atoms with Gasteiger partial charge in [0.25, 0.3) is 5.91 Å². The third-order valence-corrected chi connectivity index (χ3v) is 5.58. The number of hydrogen-bond donors (Lipinski definition) is 1. The molecule has 2 amide bonds. The predicted octanol–water partition coefficient (Wildman–Crippen LogP) is 3.29. The molecule has 0 unspecified atom stereocenters. The van der Waals surface area contributed by atoms with Crippen molar-refractivity contribution >= 4 is 28.4 Å². The Kier molecular flexibility index (Phi) is 4.02. The Morgan fingerprint density at radius 3 is 2.64 bits per heavy atom. The fourth-order valence-electron chi connectivity index (χ4n) is 4.28. The van der Waals surface area contributed by atoms with Crippen LogP contribution >= 0.6 is 0 Å². The van der Waals surface area contributed by atoms with Crippen LogP contribution in [0.3, 0.4) is 0 Å². The molecule has 0 bridgehead atoms. The van der Waals surface area contributed by atoms with Crippen LogP contribution in [0.1, 0.15) is 54.6 Å². The van der Waals surface area contributed by atoms with E-state index < -0.39 is 0 Å². The average molecular weight is 339 g/mol. The van der Waals surface area contributed by atoms with Gasteiger partial charge in [-0.2, -0.15) is 0 Å². The number of hydrogen-bond acceptors (Lipinski definition) is 2. The molecule has 2 fully saturated rings. The number of benzene rings is 1. The van der Waals surface area contributed by atoms with E-state index in [4.69, 9.17) is 0 Å². The molecule has 0 radical (unpaired) electrons. The van der Waals surface area contributed by atoms with Gasteiger partial charge in [-0.25, -0.2) is 0 Å². The summed E-state index contributed by atoms with van der Waals surface area (Å²) >= 11 is 0. The lowest BCUT2D eigenvalue weighted by Gasteiger charge is -2.19. The highest BCUT2D eigenvalue weighted by Crippen LogP contribution is 2.36. The van der Waals surface area contributed by atoms with Crippen molar-refractivity contribution in [1.82, 2.24) is 9.88 Å². The van der Waals surface area contributed by atoms with Crippen LogP contribution < -0.4 is 10.2 Å². The number of fused-ring (bicyclic) bond motifs is 1. The molecule has 1 aromatic carbocycles. The summed E-state index contributed by atoms with van der Waals surface area (Å²) in [5, 5.41) is 4.19. The lowest BCUT2D eigenvalue weighted by Crippen LogP contribution is -2.35. The van der Waals surface area contributed by atoms with E-state index in [0.29, 0.717) is 18.7 Å². The molecule has 1 saturated heterocycles. The van der Waals surface area contributed by atoms with Crippen molar-refractivity contribution in [3.05, 3.63) is 29.5 Å². The largest absolute Gasteiger partial charge is 0.348 e. The zero-order valence-electron chi connectivity index (χ0n) is 15.0. The van der Waals surface area contributed by atoms with Gasteiger partial charge in [-0.05, 0) is 38.3 Å². The van der Waals surface area contributed by atoms with Crippen LogP contribution in [0.15, 0.2) is 18.2 Å². The molecule has 4 rings (SSSR count). The van der Waals surface area contributed by atoms with E-state index in [0.717, 1.165) is 41.4 Å². The monoisotopic (exact) mass is 339 g/mol. The van der Waals surface area contributed by atoms with Crippen LogP contribution in [0.5, 0.6) is 0 Å². The molecule has 2 aliphatic rings. The first-order valence-corrected chi connectivity index (χ1v) is 9.26. The maximum absolute atomic E-state index is 13.1. The summed E-state index contributed by atoms with van der Waals surface area (Å²) in [7, 11) is 1.92. The molecule has 2 heterocycles. The highest BCUT2D eigenvalue weighted by atomic mass is 16.2. The molecule has 0 atom stereocenters. The minimum Gasteiger partial charge on any atom is -0.348 e. The normalized spacial score (nSPS) is 18.5. The van der Waals surface area contributed by atoms with Gasteiger partial charge >= 0.3 is 0 Å². The quantitative estimate of drug-likeness (QED) is 0.933. The summed E-state index contributed by atoms with van der Waals surface area (Å²) in [6.07, 6.45) is 5.86. The lowest BCUT2D eigenvalue weighted by molar-refractivity contribution is -0.117. The zero-order valence-corrected chi connectivity index (χ0v) is 15.0. The molecule has 2 aromatic rings. The second-order valence-electron chi connectivity index (χ2n) is 7.38. The van der Waals surface area contributed by atoms with Crippen LogP contribution in [0.2, 0.25) is 0 Å². The van der Waals surface area contributed by atoms with E-state index in [1.165, 1.54) is 12.8 Å². The minimum atomic E-state index is -0.0575. The van der Waals surface area contributed by atoms with Gasteiger partial charge in [0.15, 0.2) is 0 Å². The maximum atomic E-state index is 13.1. The summed E-state index contributed by atoms with van der Waals surface area (Å²) in [5.41, 5.74) is 3.53. The number of carbonyl (C=O) groups excluding carboxylic acids is 2. The molecule has 1 aromatic heterocycles. The van der Waals surface area contributed by atoms with Crippen LogP contribution in [-0.4, -0.2) is 29.0 Å². The van der Waals surface area contributed by atoms with Crippen molar-refractivity contribution in [2.75, 3.05) is 11.4 Å². The number of nitrogens with one attached hydrogen (secondary N) is 1. The lowest BCUT2D eigenvalue weighted by atomic mass is 10.1. The first-order valence-electron chi connectivity index (χ1n) is 9.26. The third kappa shape index (κ3) is 2.71. The summed E-state index contributed by atoms with van der Waals surface area (Å²) < 4.78 is 1.94. The van der Waals surface area contributed by atoms with Gasteiger partial charge in [0.05, 0.1) is 11.2 Å². The molecular weight excluding hydrogens is 314 g/mol. The van der Waals surface area contributed by atoms with Crippen molar-refractivity contribution < 1.29 is 9.59 Å². The molecule has 1 N–H and O–H groups in total. The summed E-state index contributed by atoms with van der Waals surface area (Å²) in [6, 6.07) is 6.44. The number of amides is 2. The van der Waals surface area contributed by atoms with Crippen LogP contribution in [0, 0.1) is 6.92 Å². The highest BCUT2D eigenvalue weighted by molar-refractivity contribution is 6.14. The molecular formula is C20H25N3O2. The standard InChI is InChI=1S/C20H25N3O2/c1-13-9-10-16-15(12-13)18(23-11-5-8-17(23)24)19(22(16)2)20(25)21-14-6-3-4-7-14/h9-10,12,14H,3-8,11H2,1-2H3,(H,21,25). The van der Waals surface area contributed by atoms with E-state index in [9.17, 15) is 9.59 Å². The summed E-state index contributed by atoms with van der Waals surface area (Å²) in [6.45, 7) is 2.73. The number of carbonyl (C=O) groups is 2. The Hall–Kier alpha value is -2.30. The molecule has 5 nitrogen and oxygen atoms in total. The van der Waals surface area contributed by atoms with Gasteiger partial charge in [0.2, 0.25) is 5.91 Å². The minimum absolute atomic E-state index is 0.0575.